The summed E-state index contributed by atoms with van der Waals surface area (Å²) in [4.78, 5) is 25.9. The van der Waals surface area contributed by atoms with E-state index in [1.165, 1.54) is 0 Å². The van der Waals surface area contributed by atoms with Gasteiger partial charge >= 0.3 is 0 Å². The molecule has 5 nitrogen and oxygen atoms in total. The Kier molecular flexibility index (Phi) is 3.82. The van der Waals surface area contributed by atoms with Crippen molar-refractivity contribution in [2.75, 3.05) is 13.6 Å². The maximum atomic E-state index is 12.1. The van der Waals surface area contributed by atoms with Crippen molar-refractivity contribution in [1.82, 2.24) is 10.2 Å². The van der Waals surface area contributed by atoms with Crippen LogP contribution in [0.1, 0.15) is 42.7 Å². The van der Waals surface area contributed by atoms with Gasteiger partial charge in [-0.15, -0.1) is 0 Å². The number of furan rings is 1. The Balaban J connectivity index is 1.69. The number of carbonyl (C=O) groups excluding carboxylic acids is 2. The topological polar surface area (TPSA) is 62.6 Å². The number of nitrogens with one attached hydrogen (secondary N) is 1. The summed E-state index contributed by atoms with van der Waals surface area (Å²) in [6.45, 7) is 0.604. The lowest BCUT2D eigenvalue weighted by molar-refractivity contribution is -0.139. The Hall–Kier alpha value is -1.30. The minimum atomic E-state index is -0.194. The zero-order valence-corrected chi connectivity index (χ0v) is 13.6. The molecular formula is C15H19BrN2O3. The highest BCUT2D eigenvalue weighted by Gasteiger charge is 2.49. The molecule has 6 heteroatoms. The first kappa shape index (κ1) is 14.6. The average Bonchev–Trinajstić information content (AvgIpc) is 3.08. The van der Waals surface area contributed by atoms with E-state index in [2.05, 4.69) is 21.2 Å². The largest absolute Gasteiger partial charge is 0.444 e. The van der Waals surface area contributed by atoms with Crippen LogP contribution in [-0.2, 0) is 4.79 Å². The average molecular weight is 355 g/mol. The van der Waals surface area contributed by atoms with Crippen LogP contribution in [0, 0.1) is 5.41 Å². The van der Waals surface area contributed by atoms with Gasteiger partial charge in [0.2, 0.25) is 5.91 Å². The number of carbonyl (C=O) groups is 2. The van der Waals surface area contributed by atoms with Crippen molar-refractivity contribution in [3.63, 3.8) is 0 Å². The molecule has 0 radical (unpaired) electrons. The highest BCUT2D eigenvalue weighted by molar-refractivity contribution is 9.10. The monoisotopic (exact) mass is 354 g/mol. The Bertz CT molecular complexity index is 571. The number of likely N-dealkylation sites (tertiary alicyclic amines) is 1. The lowest BCUT2D eigenvalue weighted by Gasteiger charge is -2.44. The quantitative estimate of drug-likeness (QED) is 0.907. The van der Waals surface area contributed by atoms with E-state index in [0.717, 1.165) is 25.7 Å². The maximum absolute atomic E-state index is 12.1. The fraction of sp³-hybridized carbons (Fsp3) is 0.600. The molecule has 2 aliphatic rings. The maximum Gasteiger partial charge on any atom is 0.287 e. The summed E-state index contributed by atoms with van der Waals surface area (Å²) in [5, 5.41) is 2.99. The molecule has 1 aromatic rings. The van der Waals surface area contributed by atoms with Crippen LogP contribution in [0.2, 0.25) is 0 Å². The molecule has 1 aliphatic heterocycles. The molecule has 21 heavy (non-hydrogen) atoms. The second-order valence-corrected chi connectivity index (χ2v) is 6.84. The number of amides is 2. The van der Waals surface area contributed by atoms with E-state index in [0.29, 0.717) is 23.4 Å². The van der Waals surface area contributed by atoms with Crippen LogP contribution in [0.5, 0.6) is 0 Å². The van der Waals surface area contributed by atoms with Crippen LogP contribution in [-0.4, -0.2) is 36.3 Å². The molecule has 1 saturated heterocycles. The molecule has 2 amide bonds. The predicted octanol–water partition coefficient (Wildman–Crippen LogP) is 2.56. The van der Waals surface area contributed by atoms with Crippen molar-refractivity contribution in [3.8, 4) is 0 Å². The molecule has 2 heterocycles. The molecule has 1 saturated carbocycles. The molecule has 1 N–H and O–H groups in total. The van der Waals surface area contributed by atoms with E-state index in [4.69, 9.17) is 4.42 Å². The second-order valence-electron chi connectivity index (χ2n) is 6.06. The van der Waals surface area contributed by atoms with E-state index >= 15 is 0 Å². The smallest absolute Gasteiger partial charge is 0.287 e. The normalized spacial score (nSPS) is 28.6. The Morgan fingerprint density at radius 3 is 3.05 bits per heavy atom. The molecule has 0 unspecified atom stereocenters. The first-order valence-electron chi connectivity index (χ1n) is 7.31. The molecule has 114 valence electrons. The highest BCUT2D eigenvalue weighted by Crippen LogP contribution is 2.47. The van der Waals surface area contributed by atoms with Crippen molar-refractivity contribution < 1.29 is 14.0 Å². The predicted molar refractivity (Wildman–Crippen MR) is 80.8 cm³/mol. The van der Waals surface area contributed by atoms with Crippen LogP contribution in [0.15, 0.2) is 21.2 Å². The Morgan fingerprint density at radius 2 is 2.33 bits per heavy atom. The van der Waals surface area contributed by atoms with E-state index < -0.39 is 0 Å². The van der Waals surface area contributed by atoms with Crippen LogP contribution < -0.4 is 5.32 Å². The third kappa shape index (κ3) is 2.61. The summed E-state index contributed by atoms with van der Waals surface area (Å²) in [7, 11) is 1.89. The lowest BCUT2D eigenvalue weighted by Crippen LogP contribution is -2.54. The molecule has 1 aromatic heterocycles. The summed E-state index contributed by atoms with van der Waals surface area (Å²) in [6, 6.07) is 3.61. The van der Waals surface area contributed by atoms with Gasteiger partial charge in [-0.1, -0.05) is 6.42 Å². The van der Waals surface area contributed by atoms with E-state index in [9.17, 15) is 9.59 Å². The number of halogens is 1. The van der Waals surface area contributed by atoms with Crippen LogP contribution >= 0.6 is 15.9 Å². The van der Waals surface area contributed by atoms with Gasteiger partial charge in [-0.2, -0.15) is 0 Å². The van der Waals surface area contributed by atoms with Gasteiger partial charge in [0, 0.05) is 31.5 Å². The molecular weight excluding hydrogens is 336 g/mol. The number of piperidine rings is 1. The van der Waals surface area contributed by atoms with Crippen LogP contribution in [0.25, 0.3) is 0 Å². The van der Waals surface area contributed by atoms with Crippen molar-refractivity contribution in [2.45, 2.75) is 38.1 Å². The lowest BCUT2D eigenvalue weighted by atomic mass is 9.74. The van der Waals surface area contributed by atoms with Gasteiger partial charge in [0.1, 0.15) is 0 Å². The zero-order valence-electron chi connectivity index (χ0n) is 12.0. The number of rotatable bonds is 3. The second kappa shape index (κ2) is 5.48. The molecule has 3 rings (SSSR count). The van der Waals surface area contributed by atoms with Crippen molar-refractivity contribution >= 4 is 27.7 Å². The zero-order chi connectivity index (χ0) is 15.0. The van der Waals surface area contributed by atoms with Gasteiger partial charge in [0.05, 0.1) is 0 Å². The molecule has 2 atom stereocenters. The van der Waals surface area contributed by atoms with Crippen molar-refractivity contribution in [1.29, 1.82) is 0 Å². The van der Waals surface area contributed by atoms with Gasteiger partial charge in [0.25, 0.3) is 5.91 Å². The van der Waals surface area contributed by atoms with Gasteiger partial charge in [-0.3, -0.25) is 9.59 Å². The molecule has 1 aliphatic carbocycles. The van der Waals surface area contributed by atoms with Gasteiger partial charge in [-0.05, 0) is 47.3 Å². The van der Waals surface area contributed by atoms with Crippen molar-refractivity contribution in [2.24, 2.45) is 5.41 Å². The third-order valence-corrected chi connectivity index (χ3v) is 5.38. The van der Waals surface area contributed by atoms with E-state index in [1.807, 2.05) is 11.9 Å². The molecule has 0 spiro atoms. The number of fused-ring (bicyclic) bond motifs is 1. The molecule has 0 aromatic carbocycles. The standard InChI is InChI=1S/C15H19BrN2O3/c1-18-11-3-2-7-15(11,8-6-13(18)19)9-17-14(20)10-4-5-12(16)21-10/h4-5,11H,2-3,6-9H2,1H3,(H,17,20)/t11-,15+/m1/s1. The fourth-order valence-electron chi connectivity index (χ4n) is 3.80. The first-order valence-corrected chi connectivity index (χ1v) is 8.10. The number of nitrogens with zero attached hydrogens (tertiary/aromatic N) is 1. The van der Waals surface area contributed by atoms with E-state index in [-0.39, 0.29) is 23.3 Å². The van der Waals surface area contributed by atoms with E-state index in [1.54, 1.807) is 12.1 Å². The Labute approximate surface area is 132 Å². The third-order valence-electron chi connectivity index (χ3n) is 4.95. The SMILES string of the molecule is CN1C(=O)CC[C@]2(CNC(=O)c3ccc(Br)o3)CCC[C@@H]12. The van der Waals surface area contributed by atoms with Crippen LogP contribution in [0.4, 0.5) is 0 Å². The van der Waals surface area contributed by atoms with Gasteiger partial charge < -0.3 is 14.6 Å². The fourth-order valence-corrected chi connectivity index (χ4v) is 4.10. The van der Waals surface area contributed by atoms with Gasteiger partial charge in [-0.25, -0.2) is 0 Å². The summed E-state index contributed by atoms with van der Waals surface area (Å²) in [5.41, 5.74) is 0.0299. The summed E-state index contributed by atoms with van der Waals surface area (Å²) < 4.78 is 5.82. The van der Waals surface area contributed by atoms with Gasteiger partial charge in [0.15, 0.2) is 10.4 Å². The Morgan fingerprint density at radius 1 is 1.52 bits per heavy atom. The summed E-state index contributed by atoms with van der Waals surface area (Å²) >= 11 is 3.20. The van der Waals surface area contributed by atoms with Crippen LogP contribution in [0.3, 0.4) is 0 Å². The number of hydrogen-bond donors (Lipinski definition) is 1. The minimum Gasteiger partial charge on any atom is -0.444 e. The number of hydrogen-bond acceptors (Lipinski definition) is 3. The summed E-state index contributed by atoms with van der Waals surface area (Å²) in [6.07, 6.45) is 4.66. The highest BCUT2D eigenvalue weighted by atomic mass is 79.9. The molecule has 2 fully saturated rings. The first-order chi connectivity index (χ1) is 10.0. The minimum absolute atomic E-state index is 0.0299. The molecule has 0 bridgehead atoms. The van der Waals surface area contributed by atoms with Crippen molar-refractivity contribution in [3.05, 3.63) is 22.6 Å². The summed E-state index contributed by atoms with van der Waals surface area (Å²) in [5.74, 6) is 0.340.